The highest BCUT2D eigenvalue weighted by Crippen LogP contribution is 2.27. The van der Waals surface area contributed by atoms with Crippen molar-refractivity contribution >= 4 is 11.8 Å². The summed E-state index contributed by atoms with van der Waals surface area (Å²) in [5.41, 5.74) is 0.222. The highest BCUT2D eigenvalue weighted by molar-refractivity contribution is 5.73. The molecule has 3 N–H and O–H groups in total. The van der Waals surface area contributed by atoms with Crippen LogP contribution in [-0.2, 0) is 6.54 Å². The largest absolute Gasteiger partial charge is 0.388 e. The monoisotopic (exact) mass is 334 g/mol. The molecule has 1 fully saturated rings. The van der Waals surface area contributed by atoms with Crippen LogP contribution in [0.1, 0.15) is 51.5 Å². The van der Waals surface area contributed by atoms with Gasteiger partial charge in [0.1, 0.15) is 5.82 Å². The molecule has 24 heavy (non-hydrogen) atoms. The van der Waals surface area contributed by atoms with Crippen LogP contribution in [0.4, 0.5) is 10.6 Å². The van der Waals surface area contributed by atoms with Crippen LogP contribution >= 0.6 is 0 Å². The van der Waals surface area contributed by atoms with Crippen LogP contribution in [-0.4, -0.2) is 41.4 Å². The van der Waals surface area contributed by atoms with Crippen molar-refractivity contribution in [3.05, 3.63) is 23.9 Å². The van der Waals surface area contributed by atoms with Gasteiger partial charge in [0.25, 0.3) is 0 Å². The molecule has 0 saturated heterocycles. The topological polar surface area (TPSA) is 77.5 Å². The van der Waals surface area contributed by atoms with Gasteiger partial charge in [-0.25, -0.2) is 9.78 Å². The van der Waals surface area contributed by atoms with Gasteiger partial charge in [0.05, 0.1) is 5.60 Å². The highest BCUT2D eigenvalue weighted by Gasteiger charge is 2.29. The van der Waals surface area contributed by atoms with Gasteiger partial charge in [-0.2, -0.15) is 0 Å². The molecular weight excluding hydrogens is 304 g/mol. The number of amides is 2. The molecule has 2 amide bonds. The number of anilines is 1. The second kappa shape index (κ2) is 8.87. The van der Waals surface area contributed by atoms with Gasteiger partial charge in [0.15, 0.2) is 0 Å². The minimum atomic E-state index is -0.734. The van der Waals surface area contributed by atoms with Gasteiger partial charge in [-0.1, -0.05) is 25.3 Å². The Hall–Kier alpha value is -1.82. The lowest BCUT2D eigenvalue weighted by atomic mass is 9.85. The van der Waals surface area contributed by atoms with Crippen LogP contribution in [0.2, 0.25) is 0 Å². The summed E-state index contributed by atoms with van der Waals surface area (Å²) in [6.45, 7) is 6.79. The van der Waals surface area contributed by atoms with E-state index in [-0.39, 0.29) is 6.03 Å². The summed E-state index contributed by atoms with van der Waals surface area (Å²) in [5.74, 6) is 0.952. The summed E-state index contributed by atoms with van der Waals surface area (Å²) < 4.78 is 0. The van der Waals surface area contributed by atoms with E-state index in [4.69, 9.17) is 0 Å². The number of carbonyl (C=O) groups excluding carboxylic acids is 1. The number of nitrogens with one attached hydrogen (secondary N) is 2. The molecule has 0 aromatic carbocycles. The molecule has 1 aromatic heterocycles. The Morgan fingerprint density at radius 1 is 1.21 bits per heavy atom. The fraction of sp³-hybridized carbons (Fsp3) is 0.667. The Kier molecular flexibility index (Phi) is 6.85. The van der Waals surface area contributed by atoms with Crippen molar-refractivity contribution in [3.63, 3.8) is 0 Å². The third-order valence-corrected chi connectivity index (χ3v) is 4.71. The lowest BCUT2D eigenvalue weighted by Crippen LogP contribution is -2.47. The average Bonchev–Trinajstić information content (AvgIpc) is 2.61. The molecule has 1 aromatic rings. The number of pyridine rings is 1. The molecule has 0 spiro atoms. The Bertz CT molecular complexity index is 508. The molecule has 1 aliphatic carbocycles. The maximum absolute atomic E-state index is 11.9. The second-order valence-corrected chi connectivity index (χ2v) is 6.52. The Morgan fingerprint density at radius 3 is 2.50 bits per heavy atom. The number of carbonyl (C=O) groups is 1. The quantitative estimate of drug-likeness (QED) is 0.716. The fourth-order valence-corrected chi connectivity index (χ4v) is 3.13. The SMILES string of the molecule is CCN(CC)c1ccc(CNC(=O)NCC2(O)CCCCC2)cn1. The zero-order valence-corrected chi connectivity index (χ0v) is 14.8. The van der Waals surface area contributed by atoms with Crippen LogP contribution in [0.25, 0.3) is 0 Å². The van der Waals surface area contributed by atoms with E-state index in [1.54, 1.807) is 6.20 Å². The summed E-state index contributed by atoms with van der Waals surface area (Å²) in [7, 11) is 0. The third-order valence-electron chi connectivity index (χ3n) is 4.71. The number of hydrogen-bond donors (Lipinski definition) is 3. The lowest BCUT2D eigenvalue weighted by Gasteiger charge is -2.32. The van der Waals surface area contributed by atoms with Crippen LogP contribution in [0.3, 0.4) is 0 Å². The molecular formula is C18H30N4O2. The number of aromatic nitrogens is 1. The van der Waals surface area contributed by atoms with E-state index in [9.17, 15) is 9.90 Å². The Labute approximate surface area is 144 Å². The minimum absolute atomic E-state index is 0.248. The van der Waals surface area contributed by atoms with Crippen LogP contribution in [0.15, 0.2) is 18.3 Å². The van der Waals surface area contributed by atoms with E-state index in [1.165, 1.54) is 6.42 Å². The predicted molar refractivity (Wildman–Crippen MR) is 96.1 cm³/mol. The molecule has 0 radical (unpaired) electrons. The number of nitrogens with zero attached hydrogens (tertiary/aromatic N) is 2. The Morgan fingerprint density at radius 2 is 1.92 bits per heavy atom. The first-order valence-electron chi connectivity index (χ1n) is 9.00. The van der Waals surface area contributed by atoms with Gasteiger partial charge in [0.2, 0.25) is 0 Å². The van der Waals surface area contributed by atoms with Crippen molar-refractivity contribution in [2.75, 3.05) is 24.5 Å². The van der Waals surface area contributed by atoms with Crippen molar-refractivity contribution in [2.45, 2.75) is 58.1 Å². The summed E-state index contributed by atoms with van der Waals surface area (Å²) in [6.07, 6.45) is 6.57. The van der Waals surface area contributed by atoms with Crippen LogP contribution in [0.5, 0.6) is 0 Å². The van der Waals surface area contributed by atoms with Gasteiger partial charge in [-0.3, -0.25) is 0 Å². The molecule has 0 unspecified atom stereocenters. The van der Waals surface area contributed by atoms with Gasteiger partial charge >= 0.3 is 6.03 Å². The molecule has 6 nitrogen and oxygen atoms in total. The maximum Gasteiger partial charge on any atom is 0.315 e. The number of hydrogen-bond acceptors (Lipinski definition) is 4. The first kappa shape index (κ1) is 18.5. The lowest BCUT2D eigenvalue weighted by molar-refractivity contribution is 0.00719. The van der Waals surface area contributed by atoms with Crippen molar-refractivity contribution in [2.24, 2.45) is 0 Å². The molecule has 2 rings (SSSR count). The predicted octanol–water partition coefficient (Wildman–Crippen LogP) is 2.42. The molecule has 1 saturated carbocycles. The standard InChI is InChI=1S/C18H30N4O2/c1-3-22(4-2)16-9-8-15(12-19-16)13-20-17(23)21-14-18(24)10-6-5-7-11-18/h8-9,12,24H,3-7,10-11,13-14H2,1-2H3,(H2,20,21,23). The van der Waals surface area contributed by atoms with Crippen LogP contribution in [0, 0.1) is 0 Å². The zero-order chi connectivity index (χ0) is 17.4. The Balaban J connectivity index is 1.75. The first-order chi connectivity index (χ1) is 11.6. The minimum Gasteiger partial charge on any atom is -0.388 e. The van der Waals surface area contributed by atoms with Gasteiger partial charge < -0.3 is 20.6 Å². The van der Waals surface area contributed by atoms with E-state index < -0.39 is 5.60 Å². The molecule has 134 valence electrons. The van der Waals surface area contributed by atoms with Crippen molar-refractivity contribution in [1.82, 2.24) is 15.6 Å². The van der Waals surface area contributed by atoms with Crippen LogP contribution < -0.4 is 15.5 Å². The third kappa shape index (κ3) is 5.37. The number of rotatable bonds is 7. The number of aliphatic hydroxyl groups is 1. The van der Waals surface area contributed by atoms with E-state index in [0.717, 1.165) is 50.2 Å². The molecule has 6 heteroatoms. The van der Waals surface area contributed by atoms with Gasteiger partial charge in [-0.15, -0.1) is 0 Å². The molecule has 1 heterocycles. The molecule has 0 bridgehead atoms. The zero-order valence-electron chi connectivity index (χ0n) is 14.8. The van der Waals surface area contributed by atoms with E-state index in [2.05, 4.69) is 34.4 Å². The van der Waals surface area contributed by atoms with Gasteiger partial charge in [0, 0.05) is 32.4 Å². The first-order valence-corrected chi connectivity index (χ1v) is 9.00. The smallest absolute Gasteiger partial charge is 0.315 e. The molecule has 0 aliphatic heterocycles. The van der Waals surface area contributed by atoms with Gasteiger partial charge in [-0.05, 0) is 38.3 Å². The normalized spacial score (nSPS) is 16.5. The second-order valence-electron chi connectivity index (χ2n) is 6.52. The van der Waals surface area contributed by atoms with E-state index in [1.807, 2.05) is 12.1 Å². The molecule has 1 aliphatic rings. The van der Waals surface area contributed by atoms with Crippen molar-refractivity contribution < 1.29 is 9.90 Å². The summed E-state index contributed by atoms with van der Waals surface area (Å²) in [6, 6.07) is 3.71. The number of urea groups is 1. The fourth-order valence-electron chi connectivity index (χ4n) is 3.13. The maximum atomic E-state index is 11.9. The average molecular weight is 334 g/mol. The van der Waals surface area contributed by atoms with E-state index >= 15 is 0 Å². The van der Waals surface area contributed by atoms with Crippen molar-refractivity contribution in [1.29, 1.82) is 0 Å². The van der Waals surface area contributed by atoms with Crippen molar-refractivity contribution in [3.8, 4) is 0 Å². The van der Waals surface area contributed by atoms with E-state index in [0.29, 0.717) is 13.1 Å². The summed E-state index contributed by atoms with van der Waals surface area (Å²) in [4.78, 5) is 18.5. The highest BCUT2D eigenvalue weighted by atomic mass is 16.3. The summed E-state index contributed by atoms with van der Waals surface area (Å²) in [5, 5.41) is 16.0. The molecule has 0 atom stereocenters. The summed E-state index contributed by atoms with van der Waals surface area (Å²) >= 11 is 0.